The number of rotatable bonds is 13. The second-order valence-corrected chi connectivity index (χ2v) is 10.7. The highest BCUT2D eigenvalue weighted by atomic mass is 19.1. The number of aromatic amines is 1. The number of H-pyrrole nitrogens is 1. The van der Waals surface area contributed by atoms with Crippen LogP contribution < -0.4 is 19.6 Å². The SMILES string of the molecule is COCCOc1nc2c(Oc3ccc(CC(=O)c4c(COC)[nH]c(C)c(-c5ccc(F)cc5C)c4=O)cc3F)ccnc2cc1OC. The number of nitrogens with one attached hydrogen (secondary N) is 1. The van der Waals surface area contributed by atoms with E-state index in [1.54, 1.807) is 39.2 Å². The van der Waals surface area contributed by atoms with E-state index >= 15 is 4.39 Å². The monoisotopic (exact) mass is 645 g/mol. The van der Waals surface area contributed by atoms with Crippen LogP contribution in [-0.2, 0) is 22.5 Å². The maximum Gasteiger partial charge on any atom is 0.257 e. The average molecular weight is 646 g/mol. The van der Waals surface area contributed by atoms with Crippen molar-refractivity contribution >= 4 is 16.8 Å². The number of ketones is 1. The van der Waals surface area contributed by atoms with Gasteiger partial charge in [-0.05, 0) is 54.8 Å². The summed E-state index contributed by atoms with van der Waals surface area (Å²) in [7, 11) is 4.47. The van der Waals surface area contributed by atoms with Gasteiger partial charge in [0.05, 0.1) is 37.1 Å². The summed E-state index contributed by atoms with van der Waals surface area (Å²) in [5.74, 6) is -1.05. The highest BCUT2D eigenvalue weighted by Gasteiger charge is 2.24. The Kier molecular flexibility index (Phi) is 10.2. The number of ether oxygens (including phenoxy) is 5. The van der Waals surface area contributed by atoms with E-state index in [-0.39, 0.29) is 48.1 Å². The van der Waals surface area contributed by atoms with E-state index < -0.39 is 22.8 Å². The third-order valence-electron chi connectivity index (χ3n) is 7.43. The van der Waals surface area contributed by atoms with Gasteiger partial charge in [-0.25, -0.2) is 13.8 Å². The first-order chi connectivity index (χ1) is 22.6. The van der Waals surface area contributed by atoms with Crippen LogP contribution in [0.5, 0.6) is 23.1 Å². The van der Waals surface area contributed by atoms with Gasteiger partial charge in [-0.15, -0.1) is 0 Å². The van der Waals surface area contributed by atoms with Gasteiger partial charge >= 0.3 is 0 Å². The standard InChI is InChI=1S/C35H33F2N3O7/c1-19-14-22(36)7-8-23(19)31-20(2)39-26(18-44-4)32(34(31)42)27(41)16-21-6-9-28(24(37)15-21)47-29-10-11-38-25-17-30(45-5)35(40-33(25)29)46-13-12-43-3/h6-11,14-15,17H,12-13,16,18H2,1-5H3,(H,39,42). The van der Waals surface area contributed by atoms with E-state index in [1.807, 2.05) is 0 Å². The topological polar surface area (TPSA) is 122 Å². The van der Waals surface area contributed by atoms with Crippen molar-refractivity contribution in [3.05, 3.63) is 105 Å². The van der Waals surface area contributed by atoms with Crippen LogP contribution in [0.4, 0.5) is 8.78 Å². The van der Waals surface area contributed by atoms with E-state index in [2.05, 4.69) is 15.0 Å². The van der Waals surface area contributed by atoms with Crippen LogP contribution in [0.1, 0.15) is 32.9 Å². The van der Waals surface area contributed by atoms with E-state index in [0.29, 0.717) is 51.5 Å². The molecule has 0 saturated carbocycles. The van der Waals surface area contributed by atoms with Gasteiger partial charge in [-0.1, -0.05) is 12.1 Å². The number of carbonyl (C=O) groups is 1. The number of benzene rings is 2. The van der Waals surface area contributed by atoms with Crippen LogP contribution in [-0.4, -0.2) is 55.3 Å². The first-order valence-corrected chi connectivity index (χ1v) is 14.6. The zero-order valence-corrected chi connectivity index (χ0v) is 26.5. The fourth-order valence-electron chi connectivity index (χ4n) is 5.26. The second-order valence-electron chi connectivity index (χ2n) is 10.7. The Morgan fingerprint density at radius 2 is 1.72 bits per heavy atom. The molecule has 0 bridgehead atoms. The number of carbonyl (C=O) groups excluding carboxylic acids is 1. The van der Waals surface area contributed by atoms with Crippen molar-refractivity contribution in [3.8, 4) is 34.3 Å². The molecular formula is C35H33F2N3O7. The van der Waals surface area contributed by atoms with Crippen molar-refractivity contribution in [1.29, 1.82) is 0 Å². The van der Waals surface area contributed by atoms with E-state index in [0.717, 1.165) is 0 Å². The minimum absolute atomic E-state index is 0.0279. The number of Topliss-reactive ketones (excluding diaryl/α,β-unsaturated/α-hetero) is 1. The molecule has 0 atom stereocenters. The Bertz CT molecular complexity index is 2010. The van der Waals surface area contributed by atoms with Gasteiger partial charge in [-0.3, -0.25) is 14.6 Å². The summed E-state index contributed by atoms with van der Waals surface area (Å²) >= 11 is 0. The molecule has 2 aromatic carbocycles. The number of pyridine rings is 3. The largest absolute Gasteiger partial charge is 0.491 e. The molecule has 5 aromatic rings. The first-order valence-electron chi connectivity index (χ1n) is 14.6. The molecule has 5 rings (SSSR count). The van der Waals surface area contributed by atoms with Crippen molar-refractivity contribution in [2.24, 2.45) is 0 Å². The Morgan fingerprint density at radius 3 is 2.43 bits per heavy atom. The summed E-state index contributed by atoms with van der Waals surface area (Å²) in [5.41, 5.74) is 2.54. The number of methoxy groups -OCH3 is 3. The van der Waals surface area contributed by atoms with Crippen molar-refractivity contribution in [2.75, 3.05) is 34.5 Å². The number of halogens is 2. The maximum absolute atomic E-state index is 15.4. The lowest BCUT2D eigenvalue weighted by molar-refractivity contribution is 0.0985. The summed E-state index contributed by atoms with van der Waals surface area (Å²) in [6.07, 6.45) is 1.22. The van der Waals surface area contributed by atoms with E-state index in [4.69, 9.17) is 23.7 Å². The highest BCUT2D eigenvalue weighted by Crippen LogP contribution is 2.35. The van der Waals surface area contributed by atoms with Gasteiger partial charge in [0.25, 0.3) is 5.88 Å². The molecule has 0 aliphatic heterocycles. The molecule has 0 radical (unpaired) electrons. The van der Waals surface area contributed by atoms with Crippen LogP contribution in [0.2, 0.25) is 0 Å². The summed E-state index contributed by atoms with van der Waals surface area (Å²) < 4.78 is 56.5. The molecule has 0 aliphatic carbocycles. The van der Waals surface area contributed by atoms with Gasteiger partial charge in [0.1, 0.15) is 17.9 Å². The minimum atomic E-state index is -0.733. The Labute approximate surface area is 269 Å². The molecular weight excluding hydrogens is 612 g/mol. The molecule has 0 spiro atoms. The molecule has 3 aromatic heterocycles. The molecule has 47 heavy (non-hydrogen) atoms. The summed E-state index contributed by atoms with van der Waals surface area (Å²) in [4.78, 5) is 39.4. The molecule has 0 unspecified atom stereocenters. The van der Waals surface area contributed by atoms with Gasteiger partial charge in [0.2, 0.25) is 5.43 Å². The van der Waals surface area contributed by atoms with Crippen LogP contribution in [0.15, 0.2) is 59.5 Å². The second kappa shape index (κ2) is 14.5. The minimum Gasteiger partial charge on any atom is -0.491 e. The van der Waals surface area contributed by atoms with Gasteiger partial charge in [0, 0.05) is 50.2 Å². The highest BCUT2D eigenvalue weighted by molar-refractivity contribution is 5.99. The summed E-state index contributed by atoms with van der Waals surface area (Å²) in [6.45, 7) is 3.92. The Hall–Kier alpha value is -5.20. The molecule has 10 nitrogen and oxygen atoms in total. The van der Waals surface area contributed by atoms with Crippen LogP contribution in [0, 0.1) is 25.5 Å². The number of aryl methyl sites for hydroxylation is 2. The average Bonchev–Trinajstić information content (AvgIpc) is 3.03. The van der Waals surface area contributed by atoms with Gasteiger partial charge in [-0.2, -0.15) is 0 Å². The third kappa shape index (κ3) is 7.13. The molecule has 0 aliphatic rings. The lowest BCUT2D eigenvalue weighted by Crippen LogP contribution is -2.24. The summed E-state index contributed by atoms with van der Waals surface area (Å²) in [6, 6.07) is 11.4. The van der Waals surface area contributed by atoms with Crippen molar-refractivity contribution in [1.82, 2.24) is 15.0 Å². The number of nitrogens with zero attached hydrogens (tertiary/aromatic N) is 2. The fourth-order valence-corrected chi connectivity index (χ4v) is 5.26. The maximum atomic E-state index is 15.4. The van der Waals surface area contributed by atoms with Crippen molar-refractivity contribution in [2.45, 2.75) is 26.9 Å². The van der Waals surface area contributed by atoms with Gasteiger partial charge in [0.15, 0.2) is 28.8 Å². The lowest BCUT2D eigenvalue weighted by Gasteiger charge is -2.15. The lowest BCUT2D eigenvalue weighted by atomic mass is 9.93. The first kappa shape index (κ1) is 33.2. The predicted molar refractivity (Wildman–Crippen MR) is 171 cm³/mol. The molecule has 1 N–H and O–H groups in total. The Morgan fingerprint density at radius 1 is 0.915 bits per heavy atom. The number of hydrogen-bond donors (Lipinski definition) is 1. The zero-order valence-electron chi connectivity index (χ0n) is 26.5. The quantitative estimate of drug-likeness (QED) is 0.117. The normalized spacial score (nSPS) is 11.1. The molecule has 0 amide bonds. The van der Waals surface area contributed by atoms with Crippen molar-refractivity contribution in [3.63, 3.8) is 0 Å². The van der Waals surface area contributed by atoms with Crippen LogP contribution in [0.3, 0.4) is 0 Å². The third-order valence-corrected chi connectivity index (χ3v) is 7.43. The summed E-state index contributed by atoms with van der Waals surface area (Å²) in [5, 5.41) is 0. The molecule has 244 valence electrons. The number of aromatic nitrogens is 3. The Balaban J connectivity index is 1.44. The smallest absolute Gasteiger partial charge is 0.257 e. The number of fused-ring (bicyclic) bond motifs is 1. The van der Waals surface area contributed by atoms with E-state index in [1.165, 1.54) is 50.7 Å². The number of hydrogen-bond acceptors (Lipinski definition) is 9. The van der Waals surface area contributed by atoms with Crippen LogP contribution >= 0.6 is 0 Å². The molecule has 12 heteroatoms. The fraction of sp³-hybridized carbons (Fsp3) is 0.257. The van der Waals surface area contributed by atoms with E-state index in [9.17, 15) is 14.0 Å². The van der Waals surface area contributed by atoms with Crippen LogP contribution in [0.25, 0.3) is 22.2 Å². The predicted octanol–water partition coefficient (Wildman–Crippen LogP) is 6.28. The molecule has 0 fully saturated rings. The zero-order chi connectivity index (χ0) is 33.7. The van der Waals surface area contributed by atoms with Gasteiger partial charge < -0.3 is 28.7 Å². The molecule has 0 saturated heterocycles. The van der Waals surface area contributed by atoms with Crippen molar-refractivity contribution < 1.29 is 37.3 Å². The molecule has 3 heterocycles.